The van der Waals surface area contributed by atoms with E-state index in [1.165, 1.54) is 0 Å². The summed E-state index contributed by atoms with van der Waals surface area (Å²) in [4.78, 5) is 0.293. The van der Waals surface area contributed by atoms with Gasteiger partial charge in [-0.15, -0.1) is 0 Å². The number of methoxy groups -OCH3 is 1. The van der Waals surface area contributed by atoms with E-state index >= 15 is 0 Å². The van der Waals surface area contributed by atoms with Gasteiger partial charge in [0, 0.05) is 20.2 Å². The SMILES string of the molecule is COCCOc1ccc(S(=O)(=O)N2CCC(C)C(CN)C2)cc1. The van der Waals surface area contributed by atoms with E-state index in [0.717, 1.165) is 6.42 Å². The Morgan fingerprint density at radius 2 is 1.96 bits per heavy atom. The molecule has 1 aromatic rings. The topological polar surface area (TPSA) is 81.9 Å². The van der Waals surface area contributed by atoms with Gasteiger partial charge in [0.05, 0.1) is 11.5 Å². The summed E-state index contributed by atoms with van der Waals surface area (Å²) in [5.41, 5.74) is 5.77. The quantitative estimate of drug-likeness (QED) is 0.756. The largest absolute Gasteiger partial charge is 0.491 e. The van der Waals surface area contributed by atoms with Gasteiger partial charge in [0.2, 0.25) is 10.0 Å². The van der Waals surface area contributed by atoms with Gasteiger partial charge in [-0.25, -0.2) is 8.42 Å². The molecular weight excluding hydrogens is 316 g/mol. The summed E-state index contributed by atoms with van der Waals surface area (Å²) in [5.74, 6) is 1.31. The van der Waals surface area contributed by atoms with Crippen LogP contribution in [0.25, 0.3) is 0 Å². The zero-order valence-electron chi connectivity index (χ0n) is 13.8. The predicted molar refractivity (Wildman–Crippen MR) is 88.9 cm³/mol. The van der Waals surface area contributed by atoms with Crippen molar-refractivity contribution in [2.45, 2.75) is 18.2 Å². The van der Waals surface area contributed by atoms with Crippen LogP contribution in [0, 0.1) is 11.8 Å². The van der Waals surface area contributed by atoms with Crippen LogP contribution in [0.5, 0.6) is 5.75 Å². The maximum Gasteiger partial charge on any atom is 0.243 e. The smallest absolute Gasteiger partial charge is 0.243 e. The number of rotatable bonds is 7. The minimum Gasteiger partial charge on any atom is -0.491 e. The molecule has 0 aliphatic carbocycles. The molecule has 1 saturated heterocycles. The molecule has 2 atom stereocenters. The van der Waals surface area contributed by atoms with Crippen LogP contribution in [0.15, 0.2) is 29.2 Å². The normalized spacial score (nSPS) is 22.9. The van der Waals surface area contributed by atoms with Crippen molar-refractivity contribution < 1.29 is 17.9 Å². The first-order chi connectivity index (χ1) is 11.0. The summed E-state index contributed by atoms with van der Waals surface area (Å²) in [6.45, 7) is 4.61. The lowest BCUT2D eigenvalue weighted by molar-refractivity contribution is 0.146. The molecule has 23 heavy (non-hydrogen) atoms. The van der Waals surface area contributed by atoms with Crippen molar-refractivity contribution in [3.05, 3.63) is 24.3 Å². The summed E-state index contributed by atoms with van der Waals surface area (Å²) < 4.78 is 37.4. The Morgan fingerprint density at radius 1 is 1.26 bits per heavy atom. The molecule has 1 fully saturated rings. The number of benzene rings is 1. The van der Waals surface area contributed by atoms with Crippen molar-refractivity contribution in [3.8, 4) is 5.75 Å². The van der Waals surface area contributed by atoms with Crippen molar-refractivity contribution in [3.63, 3.8) is 0 Å². The van der Waals surface area contributed by atoms with Gasteiger partial charge in [0.25, 0.3) is 0 Å². The summed E-state index contributed by atoms with van der Waals surface area (Å²) >= 11 is 0. The summed E-state index contributed by atoms with van der Waals surface area (Å²) in [5, 5.41) is 0. The predicted octanol–water partition coefficient (Wildman–Crippen LogP) is 1.32. The van der Waals surface area contributed by atoms with Gasteiger partial charge in [0.1, 0.15) is 12.4 Å². The summed E-state index contributed by atoms with van der Waals surface area (Å²) in [6.07, 6.45) is 0.847. The Bertz CT molecular complexity index is 589. The highest BCUT2D eigenvalue weighted by Gasteiger charge is 2.33. The molecule has 2 N–H and O–H groups in total. The third-order valence-corrected chi connectivity index (χ3v) is 6.28. The van der Waals surface area contributed by atoms with Gasteiger partial charge in [-0.1, -0.05) is 6.92 Å². The van der Waals surface area contributed by atoms with E-state index in [0.29, 0.717) is 49.4 Å². The fourth-order valence-electron chi connectivity index (χ4n) is 2.74. The fourth-order valence-corrected chi connectivity index (χ4v) is 4.25. The first-order valence-corrected chi connectivity index (χ1v) is 9.35. The number of piperidine rings is 1. The molecule has 0 spiro atoms. The van der Waals surface area contributed by atoms with Crippen molar-refractivity contribution in [2.75, 3.05) is 40.0 Å². The van der Waals surface area contributed by atoms with Crippen molar-refractivity contribution in [1.29, 1.82) is 0 Å². The molecule has 130 valence electrons. The maximum absolute atomic E-state index is 12.8. The molecule has 1 aromatic carbocycles. The van der Waals surface area contributed by atoms with E-state index in [4.69, 9.17) is 15.2 Å². The lowest BCUT2D eigenvalue weighted by Crippen LogP contribution is -2.45. The van der Waals surface area contributed by atoms with Crippen LogP contribution in [0.3, 0.4) is 0 Å². The third-order valence-electron chi connectivity index (χ3n) is 4.40. The van der Waals surface area contributed by atoms with E-state index in [2.05, 4.69) is 6.92 Å². The number of hydrogen-bond acceptors (Lipinski definition) is 5. The zero-order valence-corrected chi connectivity index (χ0v) is 14.6. The Balaban J connectivity index is 2.07. The average molecular weight is 342 g/mol. The van der Waals surface area contributed by atoms with E-state index in [-0.39, 0.29) is 5.92 Å². The second-order valence-corrected chi connectivity index (χ2v) is 7.88. The first kappa shape index (κ1) is 18.2. The number of ether oxygens (including phenoxy) is 2. The monoisotopic (exact) mass is 342 g/mol. The van der Waals surface area contributed by atoms with E-state index in [9.17, 15) is 8.42 Å². The molecule has 6 nitrogen and oxygen atoms in total. The lowest BCUT2D eigenvalue weighted by atomic mass is 9.88. The van der Waals surface area contributed by atoms with Gasteiger partial charge < -0.3 is 15.2 Å². The summed E-state index contributed by atoms with van der Waals surface area (Å²) in [6, 6.07) is 6.53. The molecule has 0 bridgehead atoms. The second kappa shape index (κ2) is 8.10. The van der Waals surface area contributed by atoms with Gasteiger partial charge in [0.15, 0.2) is 0 Å². The number of nitrogens with zero attached hydrogens (tertiary/aromatic N) is 1. The molecule has 2 unspecified atom stereocenters. The number of hydrogen-bond donors (Lipinski definition) is 1. The van der Waals surface area contributed by atoms with Crippen molar-refractivity contribution in [2.24, 2.45) is 17.6 Å². The minimum atomic E-state index is -3.47. The van der Waals surface area contributed by atoms with Gasteiger partial charge in [-0.05, 0) is 49.1 Å². The van der Waals surface area contributed by atoms with E-state index < -0.39 is 10.0 Å². The molecule has 1 aliphatic heterocycles. The highest BCUT2D eigenvalue weighted by atomic mass is 32.2. The highest BCUT2D eigenvalue weighted by Crippen LogP contribution is 2.27. The van der Waals surface area contributed by atoms with Crippen LogP contribution in [-0.2, 0) is 14.8 Å². The minimum absolute atomic E-state index is 0.218. The molecule has 1 heterocycles. The highest BCUT2D eigenvalue weighted by molar-refractivity contribution is 7.89. The molecule has 7 heteroatoms. The zero-order chi connectivity index (χ0) is 16.9. The standard InChI is InChI=1S/C16H26N2O4S/c1-13-7-8-18(12-14(13)11-17)23(19,20)16-5-3-15(4-6-16)22-10-9-21-2/h3-6,13-14H,7-12,17H2,1-2H3. The van der Waals surface area contributed by atoms with Crippen LogP contribution >= 0.6 is 0 Å². The molecule has 0 aromatic heterocycles. The number of nitrogens with two attached hydrogens (primary N) is 1. The lowest BCUT2D eigenvalue weighted by Gasteiger charge is -2.35. The van der Waals surface area contributed by atoms with Crippen LogP contribution in [0.4, 0.5) is 0 Å². The number of sulfonamides is 1. The molecule has 2 rings (SSSR count). The second-order valence-electron chi connectivity index (χ2n) is 5.94. The summed E-state index contributed by atoms with van der Waals surface area (Å²) in [7, 11) is -1.87. The van der Waals surface area contributed by atoms with Crippen LogP contribution in [0.2, 0.25) is 0 Å². The Morgan fingerprint density at radius 3 is 2.57 bits per heavy atom. The van der Waals surface area contributed by atoms with Gasteiger partial charge >= 0.3 is 0 Å². The van der Waals surface area contributed by atoms with Gasteiger partial charge in [-0.3, -0.25) is 0 Å². The molecule has 0 amide bonds. The molecule has 0 saturated carbocycles. The maximum atomic E-state index is 12.8. The Kier molecular flexibility index (Phi) is 6.41. The van der Waals surface area contributed by atoms with Gasteiger partial charge in [-0.2, -0.15) is 4.31 Å². The Hall–Kier alpha value is -1.15. The molecule has 1 aliphatic rings. The van der Waals surface area contributed by atoms with Crippen molar-refractivity contribution >= 4 is 10.0 Å². The van der Waals surface area contributed by atoms with Crippen molar-refractivity contribution in [1.82, 2.24) is 4.31 Å². The third kappa shape index (κ3) is 4.44. The van der Waals surface area contributed by atoms with Crippen LogP contribution in [-0.4, -0.2) is 52.7 Å². The molecular formula is C16H26N2O4S. The van der Waals surface area contributed by atoms with E-state index in [1.807, 2.05) is 0 Å². The fraction of sp³-hybridized carbons (Fsp3) is 0.625. The molecule has 0 radical (unpaired) electrons. The average Bonchev–Trinajstić information content (AvgIpc) is 2.56. The first-order valence-electron chi connectivity index (χ1n) is 7.91. The van der Waals surface area contributed by atoms with Crippen LogP contribution in [0.1, 0.15) is 13.3 Å². The Labute approximate surface area is 138 Å². The van der Waals surface area contributed by atoms with Crippen LogP contribution < -0.4 is 10.5 Å². The van der Waals surface area contributed by atoms with E-state index in [1.54, 1.807) is 35.7 Å².